The molecule has 0 atom stereocenters. The Bertz CT molecular complexity index is 1150. The summed E-state index contributed by atoms with van der Waals surface area (Å²) in [7, 11) is 3.46. The van der Waals surface area contributed by atoms with Crippen molar-refractivity contribution in [2.45, 2.75) is 45.6 Å². The normalized spacial score (nSPS) is 12.6. The number of likely N-dealkylation sites (N-methyl/N-ethyl adjacent to an activating group) is 1. The lowest BCUT2D eigenvalue weighted by atomic mass is 10.0. The maximum absolute atomic E-state index is 12.7. The quantitative estimate of drug-likeness (QED) is 0.365. The summed E-state index contributed by atoms with van der Waals surface area (Å²) in [6.45, 7) is 3.26. The standard InChI is InChI=1S/C30H37N3O4/c1-4-5-6-9-25-12-13-26(30(35)36)19-28(25)33(21-29(34)32(2)3)20-23-10-14-27(15-11-23)37-22-24-8-7-17-31-18-16-24/h7-8,10-15,17-19H,4-6,9,16,20-22H2,1-3H3,(H,35,36). The Labute approximate surface area is 219 Å². The van der Waals surface area contributed by atoms with E-state index in [0.717, 1.165) is 60.2 Å². The van der Waals surface area contributed by atoms with Crippen molar-refractivity contribution < 1.29 is 19.4 Å². The van der Waals surface area contributed by atoms with Gasteiger partial charge >= 0.3 is 5.97 Å². The number of aromatic carboxylic acids is 1. The molecule has 37 heavy (non-hydrogen) atoms. The molecule has 0 unspecified atom stereocenters. The van der Waals surface area contributed by atoms with Crippen LogP contribution in [0.15, 0.2) is 71.4 Å². The number of amides is 1. The van der Waals surface area contributed by atoms with E-state index in [4.69, 9.17) is 4.74 Å². The molecule has 196 valence electrons. The highest BCUT2D eigenvalue weighted by atomic mass is 16.5. The summed E-state index contributed by atoms with van der Waals surface area (Å²) in [4.78, 5) is 32.2. The predicted molar refractivity (Wildman–Crippen MR) is 149 cm³/mol. The molecule has 0 saturated heterocycles. The number of benzene rings is 2. The first-order valence-corrected chi connectivity index (χ1v) is 12.8. The van der Waals surface area contributed by atoms with Gasteiger partial charge in [0.25, 0.3) is 0 Å². The van der Waals surface area contributed by atoms with Crippen molar-refractivity contribution in [2.75, 3.05) is 32.1 Å². The lowest BCUT2D eigenvalue weighted by Gasteiger charge is -2.28. The summed E-state index contributed by atoms with van der Waals surface area (Å²) in [6, 6.07) is 13.1. The molecule has 3 rings (SSSR count). The number of nitrogens with zero attached hydrogens (tertiary/aromatic N) is 3. The molecule has 0 aromatic heterocycles. The highest BCUT2D eigenvalue weighted by Gasteiger charge is 2.19. The van der Waals surface area contributed by atoms with Gasteiger partial charge in [0.1, 0.15) is 12.4 Å². The van der Waals surface area contributed by atoms with Gasteiger partial charge in [0.2, 0.25) is 5.91 Å². The number of aryl methyl sites for hydroxylation is 1. The molecule has 0 aliphatic carbocycles. The van der Waals surface area contributed by atoms with E-state index in [1.54, 1.807) is 37.3 Å². The summed E-state index contributed by atoms with van der Waals surface area (Å²) in [5, 5.41) is 9.62. The van der Waals surface area contributed by atoms with Crippen molar-refractivity contribution in [3.05, 3.63) is 83.1 Å². The van der Waals surface area contributed by atoms with Crippen molar-refractivity contribution in [1.82, 2.24) is 4.90 Å². The zero-order valence-electron chi connectivity index (χ0n) is 22.0. The van der Waals surface area contributed by atoms with E-state index in [1.807, 2.05) is 53.6 Å². The summed E-state index contributed by atoms with van der Waals surface area (Å²) in [6.07, 6.45) is 12.3. The molecular weight excluding hydrogens is 466 g/mol. The third-order valence-electron chi connectivity index (χ3n) is 6.23. The number of aliphatic imine (C=N–C) groups is 1. The van der Waals surface area contributed by atoms with Crippen LogP contribution in [0.1, 0.15) is 54.1 Å². The number of allylic oxidation sites excluding steroid dienone is 2. The Hall–Kier alpha value is -3.87. The van der Waals surface area contributed by atoms with Gasteiger partial charge < -0.3 is 19.6 Å². The van der Waals surface area contributed by atoms with Gasteiger partial charge in [-0.2, -0.15) is 0 Å². The smallest absolute Gasteiger partial charge is 0.335 e. The molecule has 0 fully saturated rings. The van der Waals surface area contributed by atoms with E-state index in [-0.39, 0.29) is 18.0 Å². The van der Waals surface area contributed by atoms with Crippen LogP contribution in [0.5, 0.6) is 5.75 Å². The second-order valence-electron chi connectivity index (χ2n) is 9.38. The van der Waals surface area contributed by atoms with Crippen molar-refractivity contribution in [3.63, 3.8) is 0 Å². The number of hydrogen-bond donors (Lipinski definition) is 1. The minimum Gasteiger partial charge on any atom is -0.489 e. The molecule has 0 saturated carbocycles. The van der Waals surface area contributed by atoms with Crippen LogP contribution in [-0.4, -0.2) is 55.3 Å². The van der Waals surface area contributed by atoms with Gasteiger partial charge in [0.15, 0.2) is 0 Å². The van der Waals surface area contributed by atoms with Crippen LogP contribution in [-0.2, 0) is 17.8 Å². The zero-order valence-corrected chi connectivity index (χ0v) is 22.0. The Balaban J connectivity index is 1.82. The van der Waals surface area contributed by atoms with Crippen LogP contribution in [0.25, 0.3) is 0 Å². The fraction of sp³-hybridized carbons (Fsp3) is 0.367. The first kappa shape index (κ1) is 27.7. The molecule has 1 aliphatic heterocycles. The number of carbonyl (C=O) groups excluding carboxylic acids is 1. The van der Waals surface area contributed by atoms with Crippen LogP contribution in [0, 0.1) is 0 Å². The molecule has 0 bridgehead atoms. The van der Waals surface area contributed by atoms with Gasteiger partial charge in [-0.1, -0.05) is 44.0 Å². The van der Waals surface area contributed by atoms with Crippen LogP contribution in [0.4, 0.5) is 5.69 Å². The topological polar surface area (TPSA) is 82.4 Å². The van der Waals surface area contributed by atoms with Crippen LogP contribution in [0.3, 0.4) is 0 Å². The average Bonchev–Trinajstić information content (AvgIpc) is 3.17. The van der Waals surface area contributed by atoms with Crippen LogP contribution in [0.2, 0.25) is 0 Å². The van der Waals surface area contributed by atoms with Gasteiger partial charge in [-0.15, -0.1) is 0 Å². The molecule has 1 heterocycles. The number of hydrogen-bond acceptors (Lipinski definition) is 5. The van der Waals surface area contributed by atoms with Crippen molar-refractivity contribution >= 4 is 23.8 Å². The molecule has 1 aliphatic rings. The second-order valence-corrected chi connectivity index (χ2v) is 9.38. The Kier molecular flexibility index (Phi) is 10.5. The van der Waals surface area contributed by atoms with Gasteiger partial charge in [0.05, 0.1) is 12.1 Å². The van der Waals surface area contributed by atoms with E-state index in [9.17, 15) is 14.7 Å². The summed E-state index contributed by atoms with van der Waals surface area (Å²) in [5.41, 5.74) is 4.21. The number of anilines is 1. The number of carboxylic acid groups (broad SMARTS) is 1. The molecule has 7 heteroatoms. The third kappa shape index (κ3) is 8.63. The first-order chi connectivity index (χ1) is 17.9. The fourth-order valence-corrected chi connectivity index (χ4v) is 4.02. The van der Waals surface area contributed by atoms with Crippen molar-refractivity contribution in [1.29, 1.82) is 0 Å². The maximum Gasteiger partial charge on any atom is 0.335 e. The highest BCUT2D eigenvalue weighted by Crippen LogP contribution is 2.27. The van der Waals surface area contributed by atoms with E-state index < -0.39 is 5.97 Å². The molecular formula is C30H37N3O4. The van der Waals surface area contributed by atoms with Gasteiger partial charge in [-0.05, 0) is 59.9 Å². The minimum absolute atomic E-state index is 0.0468. The average molecular weight is 504 g/mol. The zero-order chi connectivity index (χ0) is 26.6. The first-order valence-electron chi connectivity index (χ1n) is 12.8. The molecule has 2 aromatic carbocycles. The number of ether oxygens (including phenoxy) is 1. The molecule has 2 aromatic rings. The SMILES string of the molecule is CCCCCc1ccc(C(=O)O)cc1N(CC(=O)N(C)C)Cc1ccc(OCC2=CC=CN=CC2)cc1. The summed E-state index contributed by atoms with van der Waals surface area (Å²) >= 11 is 0. The van der Waals surface area contributed by atoms with E-state index in [1.165, 1.54) is 0 Å². The largest absolute Gasteiger partial charge is 0.489 e. The fourth-order valence-electron chi connectivity index (χ4n) is 4.02. The van der Waals surface area contributed by atoms with E-state index >= 15 is 0 Å². The Morgan fingerprint density at radius 2 is 1.86 bits per heavy atom. The van der Waals surface area contributed by atoms with Crippen molar-refractivity contribution in [2.24, 2.45) is 4.99 Å². The molecule has 7 nitrogen and oxygen atoms in total. The predicted octanol–water partition coefficient (Wildman–Crippen LogP) is 5.51. The Morgan fingerprint density at radius 3 is 2.57 bits per heavy atom. The highest BCUT2D eigenvalue weighted by molar-refractivity contribution is 5.90. The van der Waals surface area contributed by atoms with Crippen LogP contribution < -0.4 is 9.64 Å². The summed E-state index contributed by atoms with van der Waals surface area (Å²) < 4.78 is 5.95. The Morgan fingerprint density at radius 1 is 1.08 bits per heavy atom. The lowest BCUT2D eigenvalue weighted by Crippen LogP contribution is -2.37. The lowest BCUT2D eigenvalue weighted by molar-refractivity contribution is -0.127. The number of carbonyl (C=O) groups is 2. The van der Waals surface area contributed by atoms with Gasteiger partial charge in [-0.3, -0.25) is 9.79 Å². The van der Waals surface area contributed by atoms with E-state index in [2.05, 4.69) is 11.9 Å². The minimum atomic E-state index is -0.979. The monoisotopic (exact) mass is 503 g/mol. The molecule has 0 radical (unpaired) electrons. The summed E-state index contributed by atoms with van der Waals surface area (Å²) in [5.74, 6) is -0.263. The molecule has 1 N–H and O–H groups in total. The number of unbranched alkanes of at least 4 members (excludes halogenated alkanes) is 2. The third-order valence-corrected chi connectivity index (χ3v) is 6.23. The second kappa shape index (κ2) is 14.0. The number of rotatable bonds is 13. The van der Waals surface area contributed by atoms with Gasteiger partial charge in [0, 0.05) is 45.2 Å². The van der Waals surface area contributed by atoms with Gasteiger partial charge in [-0.25, -0.2) is 4.79 Å². The molecule has 1 amide bonds. The molecule has 0 spiro atoms. The van der Waals surface area contributed by atoms with Crippen molar-refractivity contribution in [3.8, 4) is 5.75 Å². The van der Waals surface area contributed by atoms with E-state index in [0.29, 0.717) is 13.2 Å². The number of carboxylic acids is 1. The van der Waals surface area contributed by atoms with Crippen LogP contribution >= 0.6 is 0 Å². The maximum atomic E-state index is 12.7.